The lowest BCUT2D eigenvalue weighted by molar-refractivity contribution is 0.100. The largest absolute Gasteiger partial charge is 0.366 e. The number of carbonyl (C=O) groups is 1. The van der Waals surface area contributed by atoms with Gasteiger partial charge in [0.15, 0.2) is 0 Å². The third-order valence-corrected chi connectivity index (χ3v) is 3.45. The van der Waals surface area contributed by atoms with Crippen LogP contribution >= 0.6 is 0 Å². The average molecular weight is 272 g/mol. The van der Waals surface area contributed by atoms with Crippen LogP contribution in [0.15, 0.2) is 24.3 Å². The first-order valence-electron chi connectivity index (χ1n) is 7.10. The molecule has 3 nitrogen and oxygen atoms in total. The SMILES string of the molecule is CC(C)(C)CCC(C#N)CCc1ccc(C(N)=O)cc1. The molecule has 0 radical (unpaired) electrons. The molecule has 0 heterocycles. The van der Waals surface area contributed by atoms with Crippen molar-refractivity contribution >= 4 is 5.91 Å². The van der Waals surface area contributed by atoms with Crippen LogP contribution < -0.4 is 5.73 Å². The molecule has 1 unspecified atom stereocenters. The number of nitrogens with zero attached hydrogens (tertiary/aromatic N) is 1. The van der Waals surface area contributed by atoms with Gasteiger partial charge in [-0.05, 0) is 48.8 Å². The van der Waals surface area contributed by atoms with E-state index in [1.165, 1.54) is 0 Å². The molecule has 0 aliphatic rings. The first-order valence-corrected chi connectivity index (χ1v) is 7.10. The molecule has 1 aromatic carbocycles. The van der Waals surface area contributed by atoms with Gasteiger partial charge in [0.1, 0.15) is 0 Å². The van der Waals surface area contributed by atoms with Crippen LogP contribution in [0.1, 0.15) is 56.0 Å². The van der Waals surface area contributed by atoms with Crippen molar-refractivity contribution in [2.24, 2.45) is 17.1 Å². The minimum absolute atomic E-state index is 0.102. The number of amides is 1. The van der Waals surface area contributed by atoms with Gasteiger partial charge in [-0.2, -0.15) is 5.26 Å². The van der Waals surface area contributed by atoms with Crippen LogP contribution in [-0.2, 0) is 6.42 Å². The summed E-state index contributed by atoms with van der Waals surface area (Å²) in [6.45, 7) is 6.60. The van der Waals surface area contributed by atoms with Gasteiger partial charge in [0.05, 0.1) is 6.07 Å². The number of hydrogen-bond donors (Lipinski definition) is 1. The summed E-state index contributed by atoms with van der Waals surface area (Å²) in [6.07, 6.45) is 3.73. The lowest BCUT2D eigenvalue weighted by Gasteiger charge is -2.19. The number of nitrogens with two attached hydrogens (primary N) is 1. The van der Waals surface area contributed by atoms with Crippen LogP contribution in [0.2, 0.25) is 0 Å². The molecule has 1 atom stereocenters. The van der Waals surface area contributed by atoms with Gasteiger partial charge >= 0.3 is 0 Å². The normalized spacial score (nSPS) is 12.7. The molecule has 0 spiro atoms. The Labute approximate surface area is 121 Å². The predicted molar refractivity (Wildman–Crippen MR) is 81.1 cm³/mol. The van der Waals surface area contributed by atoms with Crippen LogP contribution in [0.4, 0.5) is 0 Å². The van der Waals surface area contributed by atoms with E-state index in [0.717, 1.165) is 31.2 Å². The summed E-state index contributed by atoms with van der Waals surface area (Å²) in [6, 6.07) is 9.72. The average Bonchev–Trinajstić information content (AvgIpc) is 2.38. The van der Waals surface area contributed by atoms with Gasteiger partial charge in [-0.1, -0.05) is 32.9 Å². The van der Waals surface area contributed by atoms with Gasteiger partial charge in [-0.3, -0.25) is 4.79 Å². The zero-order valence-electron chi connectivity index (χ0n) is 12.6. The van der Waals surface area contributed by atoms with Gasteiger partial charge in [0.2, 0.25) is 5.91 Å². The molecule has 0 aliphatic heterocycles. The van der Waals surface area contributed by atoms with Gasteiger partial charge in [-0.15, -0.1) is 0 Å². The van der Waals surface area contributed by atoms with Gasteiger partial charge in [0, 0.05) is 11.5 Å². The second-order valence-electron chi connectivity index (χ2n) is 6.53. The Morgan fingerprint density at radius 2 is 1.85 bits per heavy atom. The molecule has 0 saturated heterocycles. The molecule has 0 fully saturated rings. The molecule has 3 heteroatoms. The fourth-order valence-corrected chi connectivity index (χ4v) is 2.06. The predicted octanol–water partition coefficient (Wildman–Crippen LogP) is 3.68. The third-order valence-electron chi connectivity index (χ3n) is 3.45. The maximum Gasteiger partial charge on any atom is 0.248 e. The lowest BCUT2D eigenvalue weighted by Crippen LogP contribution is -2.11. The fraction of sp³-hybridized carbons (Fsp3) is 0.529. The Kier molecular flexibility index (Phi) is 5.76. The van der Waals surface area contributed by atoms with E-state index >= 15 is 0 Å². The second-order valence-corrected chi connectivity index (χ2v) is 6.53. The van der Waals surface area contributed by atoms with E-state index in [-0.39, 0.29) is 11.3 Å². The summed E-state index contributed by atoms with van der Waals surface area (Å²) in [7, 11) is 0. The highest BCUT2D eigenvalue weighted by molar-refractivity contribution is 5.92. The minimum atomic E-state index is -0.406. The van der Waals surface area contributed by atoms with Crippen LogP contribution in [0, 0.1) is 22.7 Å². The van der Waals surface area contributed by atoms with E-state index in [2.05, 4.69) is 26.8 Å². The highest BCUT2D eigenvalue weighted by Crippen LogP contribution is 2.25. The Morgan fingerprint density at radius 1 is 1.25 bits per heavy atom. The van der Waals surface area contributed by atoms with Crippen molar-refractivity contribution < 1.29 is 4.79 Å². The van der Waals surface area contributed by atoms with Crippen molar-refractivity contribution in [2.45, 2.75) is 46.5 Å². The summed E-state index contributed by atoms with van der Waals surface area (Å²) in [5.41, 5.74) is 7.15. The van der Waals surface area contributed by atoms with Gasteiger partial charge in [-0.25, -0.2) is 0 Å². The van der Waals surface area contributed by atoms with Crippen LogP contribution in [0.25, 0.3) is 0 Å². The lowest BCUT2D eigenvalue weighted by atomic mass is 9.85. The summed E-state index contributed by atoms with van der Waals surface area (Å²) >= 11 is 0. The molecule has 108 valence electrons. The second kappa shape index (κ2) is 7.09. The van der Waals surface area contributed by atoms with Crippen molar-refractivity contribution in [3.05, 3.63) is 35.4 Å². The molecule has 0 bridgehead atoms. The summed E-state index contributed by atoms with van der Waals surface area (Å²) in [4.78, 5) is 11.0. The maximum atomic E-state index is 11.0. The maximum absolute atomic E-state index is 11.0. The highest BCUT2D eigenvalue weighted by Gasteiger charge is 2.15. The van der Waals surface area contributed by atoms with Crippen LogP contribution in [0.5, 0.6) is 0 Å². The standard InChI is InChI=1S/C17H24N2O/c1-17(2,3)11-10-14(12-18)5-4-13-6-8-15(9-7-13)16(19)20/h6-9,14H,4-5,10-11H2,1-3H3,(H2,19,20). The quantitative estimate of drug-likeness (QED) is 0.858. The van der Waals surface area contributed by atoms with Crippen molar-refractivity contribution in [1.29, 1.82) is 5.26 Å². The number of rotatable bonds is 6. The molecule has 1 rings (SSSR count). The van der Waals surface area contributed by atoms with Crippen molar-refractivity contribution in [3.8, 4) is 6.07 Å². The highest BCUT2D eigenvalue weighted by atomic mass is 16.1. The Balaban J connectivity index is 2.48. The topological polar surface area (TPSA) is 66.9 Å². The van der Waals surface area contributed by atoms with E-state index in [9.17, 15) is 10.1 Å². The molecule has 1 aromatic rings. The zero-order valence-corrected chi connectivity index (χ0v) is 12.6. The number of aryl methyl sites for hydroxylation is 1. The molecule has 0 aromatic heterocycles. The number of primary amides is 1. The Morgan fingerprint density at radius 3 is 2.30 bits per heavy atom. The molecule has 0 saturated carbocycles. The van der Waals surface area contributed by atoms with Crippen LogP contribution in [0.3, 0.4) is 0 Å². The summed E-state index contributed by atoms with van der Waals surface area (Å²) < 4.78 is 0. The molecular weight excluding hydrogens is 248 g/mol. The van der Waals surface area contributed by atoms with Crippen LogP contribution in [-0.4, -0.2) is 5.91 Å². The minimum Gasteiger partial charge on any atom is -0.366 e. The number of benzene rings is 1. The van der Waals surface area contributed by atoms with E-state index < -0.39 is 5.91 Å². The molecule has 2 N–H and O–H groups in total. The van der Waals surface area contributed by atoms with Gasteiger partial charge in [0.25, 0.3) is 0 Å². The number of carbonyl (C=O) groups excluding carboxylic acids is 1. The monoisotopic (exact) mass is 272 g/mol. The number of nitriles is 1. The molecular formula is C17H24N2O. The zero-order chi connectivity index (χ0) is 15.2. The third kappa shape index (κ3) is 5.88. The smallest absolute Gasteiger partial charge is 0.248 e. The fourth-order valence-electron chi connectivity index (χ4n) is 2.06. The van der Waals surface area contributed by atoms with E-state index in [1.807, 2.05) is 12.1 Å². The molecule has 0 aliphatic carbocycles. The first kappa shape index (κ1) is 16.2. The van der Waals surface area contributed by atoms with Gasteiger partial charge < -0.3 is 5.73 Å². The molecule has 20 heavy (non-hydrogen) atoms. The van der Waals surface area contributed by atoms with Crippen molar-refractivity contribution in [3.63, 3.8) is 0 Å². The van der Waals surface area contributed by atoms with E-state index in [0.29, 0.717) is 5.56 Å². The van der Waals surface area contributed by atoms with Crippen molar-refractivity contribution in [1.82, 2.24) is 0 Å². The molecule has 1 amide bonds. The van der Waals surface area contributed by atoms with E-state index in [4.69, 9.17) is 5.73 Å². The Bertz CT molecular complexity index is 477. The Hall–Kier alpha value is -1.82. The summed E-state index contributed by atoms with van der Waals surface area (Å²) in [5, 5.41) is 9.21. The number of hydrogen-bond acceptors (Lipinski definition) is 2. The first-order chi connectivity index (χ1) is 9.31. The van der Waals surface area contributed by atoms with Crippen molar-refractivity contribution in [2.75, 3.05) is 0 Å². The summed E-state index contributed by atoms with van der Waals surface area (Å²) in [5.74, 6) is -0.304. The van der Waals surface area contributed by atoms with E-state index in [1.54, 1.807) is 12.1 Å².